The topological polar surface area (TPSA) is 60.7 Å². The Morgan fingerprint density at radius 2 is 2.00 bits per heavy atom. The van der Waals surface area contributed by atoms with Crippen LogP contribution in [0.15, 0.2) is 0 Å². The number of aliphatic hydroxyl groups is 3. The van der Waals surface area contributed by atoms with Crippen LogP contribution in [0.2, 0.25) is 0 Å². The fourth-order valence-electron chi connectivity index (χ4n) is 2.19. The van der Waals surface area contributed by atoms with E-state index in [0.717, 1.165) is 19.3 Å². The Bertz CT molecular complexity index is 168. The predicted molar refractivity (Wildman–Crippen MR) is 50.2 cm³/mol. The third-order valence-corrected chi connectivity index (χ3v) is 3.20. The zero-order valence-electron chi connectivity index (χ0n) is 8.40. The van der Waals surface area contributed by atoms with Crippen LogP contribution < -0.4 is 0 Å². The molecule has 4 atom stereocenters. The van der Waals surface area contributed by atoms with E-state index < -0.39 is 11.7 Å². The molecule has 0 aliphatic heterocycles. The third kappa shape index (κ3) is 2.42. The molecule has 0 heterocycles. The Hall–Kier alpha value is -0.120. The van der Waals surface area contributed by atoms with Crippen molar-refractivity contribution in [3.05, 3.63) is 0 Å². The standard InChI is InChI=1S/C10H20O3/c1-7-3-4-8(9(12)5-7)10(2,13)6-11/h7-9,11-13H,3-6H2,1-2H3/t7-,8-,9-,10-/m1/s1. The number of hydrogen-bond donors (Lipinski definition) is 3. The lowest BCUT2D eigenvalue weighted by Gasteiger charge is -2.39. The van der Waals surface area contributed by atoms with Crippen LogP contribution >= 0.6 is 0 Å². The summed E-state index contributed by atoms with van der Waals surface area (Å²) in [7, 11) is 0. The maximum absolute atomic E-state index is 9.79. The van der Waals surface area contributed by atoms with Crippen LogP contribution in [0.1, 0.15) is 33.1 Å². The van der Waals surface area contributed by atoms with Crippen LogP contribution in [0.3, 0.4) is 0 Å². The minimum Gasteiger partial charge on any atom is -0.393 e. The molecule has 13 heavy (non-hydrogen) atoms. The maximum Gasteiger partial charge on any atom is 0.0902 e. The van der Waals surface area contributed by atoms with Crippen LogP contribution in [0.25, 0.3) is 0 Å². The largest absolute Gasteiger partial charge is 0.393 e. The molecule has 1 aliphatic rings. The van der Waals surface area contributed by atoms with Crippen molar-refractivity contribution in [2.75, 3.05) is 6.61 Å². The summed E-state index contributed by atoms with van der Waals surface area (Å²) in [6.07, 6.45) is 2.10. The second-order valence-electron chi connectivity index (χ2n) is 4.61. The summed E-state index contributed by atoms with van der Waals surface area (Å²) in [6, 6.07) is 0. The zero-order valence-corrected chi connectivity index (χ0v) is 8.40. The summed E-state index contributed by atoms with van der Waals surface area (Å²) in [5.41, 5.74) is -1.13. The Morgan fingerprint density at radius 1 is 1.38 bits per heavy atom. The van der Waals surface area contributed by atoms with Gasteiger partial charge in [-0.3, -0.25) is 0 Å². The average Bonchev–Trinajstić information content (AvgIpc) is 2.03. The molecule has 0 aromatic heterocycles. The van der Waals surface area contributed by atoms with Crippen LogP contribution in [-0.2, 0) is 0 Å². The van der Waals surface area contributed by atoms with E-state index in [-0.39, 0.29) is 12.5 Å². The van der Waals surface area contributed by atoms with Gasteiger partial charge in [-0.2, -0.15) is 0 Å². The van der Waals surface area contributed by atoms with Crippen LogP contribution in [0.4, 0.5) is 0 Å². The molecule has 0 amide bonds. The van der Waals surface area contributed by atoms with Gasteiger partial charge in [0.25, 0.3) is 0 Å². The lowest BCUT2D eigenvalue weighted by molar-refractivity contribution is -0.108. The monoisotopic (exact) mass is 188 g/mol. The highest BCUT2D eigenvalue weighted by Gasteiger charge is 2.39. The number of hydrogen-bond acceptors (Lipinski definition) is 3. The van der Waals surface area contributed by atoms with Crippen LogP contribution in [0, 0.1) is 11.8 Å². The van der Waals surface area contributed by atoms with E-state index >= 15 is 0 Å². The molecule has 1 rings (SSSR count). The van der Waals surface area contributed by atoms with Gasteiger partial charge in [0, 0.05) is 5.92 Å². The van der Waals surface area contributed by atoms with E-state index in [1.807, 2.05) is 0 Å². The van der Waals surface area contributed by atoms with E-state index in [0.29, 0.717) is 5.92 Å². The lowest BCUT2D eigenvalue weighted by atomic mass is 9.73. The lowest BCUT2D eigenvalue weighted by Crippen LogP contribution is -2.47. The van der Waals surface area contributed by atoms with Gasteiger partial charge in [0.15, 0.2) is 0 Å². The molecule has 0 saturated heterocycles. The van der Waals surface area contributed by atoms with Gasteiger partial charge in [0.2, 0.25) is 0 Å². The fraction of sp³-hybridized carbons (Fsp3) is 1.00. The van der Waals surface area contributed by atoms with Crippen molar-refractivity contribution in [3.8, 4) is 0 Å². The van der Waals surface area contributed by atoms with Gasteiger partial charge >= 0.3 is 0 Å². The maximum atomic E-state index is 9.79. The van der Waals surface area contributed by atoms with Gasteiger partial charge in [-0.1, -0.05) is 13.3 Å². The smallest absolute Gasteiger partial charge is 0.0902 e. The zero-order chi connectivity index (χ0) is 10.1. The van der Waals surface area contributed by atoms with Crippen molar-refractivity contribution in [1.82, 2.24) is 0 Å². The van der Waals surface area contributed by atoms with E-state index in [1.165, 1.54) is 0 Å². The quantitative estimate of drug-likeness (QED) is 0.592. The van der Waals surface area contributed by atoms with E-state index in [2.05, 4.69) is 6.92 Å². The Morgan fingerprint density at radius 3 is 2.46 bits per heavy atom. The van der Waals surface area contributed by atoms with Crippen molar-refractivity contribution in [2.24, 2.45) is 11.8 Å². The highest BCUT2D eigenvalue weighted by atomic mass is 16.3. The predicted octanol–water partition coefficient (Wildman–Crippen LogP) is 0.527. The van der Waals surface area contributed by atoms with Gasteiger partial charge in [0.05, 0.1) is 18.3 Å². The van der Waals surface area contributed by atoms with Gasteiger partial charge in [-0.05, 0) is 25.7 Å². The van der Waals surface area contributed by atoms with E-state index in [1.54, 1.807) is 6.92 Å². The van der Waals surface area contributed by atoms with E-state index in [9.17, 15) is 10.2 Å². The molecule has 3 nitrogen and oxygen atoms in total. The fourth-order valence-corrected chi connectivity index (χ4v) is 2.19. The molecule has 3 N–H and O–H groups in total. The first-order valence-corrected chi connectivity index (χ1v) is 4.98. The second-order valence-corrected chi connectivity index (χ2v) is 4.61. The molecular weight excluding hydrogens is 168 g/mol. The minimum atomic E-state index is -1.13. The first-order chi connectivity index (χ1) is 5.97. The summed E-state index contributed by atoms with van der Waals surface area (Å²) in [5, 5.41) is 28.5. The first-order valence-electron chi connectivity index (χ1n) is 4.98. The second kappa shape index (κ2) is 3.95. The summed E-state index contributed by atoms with van der Waals surface area (Å²) in [4.78, 5) is 0. The van der Waals surface area contributed by atoms with Crippen LogP contribution in [-0.4, -0.2) is 33.6 Å². The molecule has 0 radical (unpaired) electrons. The molecule has 0 bridgehead atoms. The van der Waals surface area contributed by atoms with Gasteiger partial charge in [-0.15, -0.1) is 0 Å². The molecule has 0 aromatic rings. The van der Waals surface area contributed by atoms with E-state index in [4.69, 9.17) is 5.11 Å². The molecule has 1 saturated carbocycles. The summed E-state index contributed by atoms with van der Waals surface area (Å²) < 4.78 is 0. The van der Waals surface area contributed by atoms with Crippen molar-refractivity contribution in [1.29, 1.82) is 0 Å². The highest BCUT2D eigenvalue weighted by molar-refractivity contribution is 4.90. The minimum absolute atomic E-state index is 0.173. The van der Waals surface area contributed by atoms with Crippen molar-refractivity contribution < 1.29 is 15.3 Å². The van der Waals surface area contributed by atoms with Crippen LogP contribution in [0.5, 0.6) is 0 Å². The molecule has 3 heteroatoms. The molecule has 0 spiro atoms. The van der Waals surface area contributed by atoms with Crippen molar-refractivity contribution in [3.63, 3.8) is 0 Å². The third-order valence-electron chi connectivity index (χ3n) is 3.20. The number of rotatable bonds is 2. The Balaban J connectivity index is 2.60. The number of aliphatic hydroxyl groups excluding tert-OH is 2. The average molecular weight is 188 g/mol. The Labute approximate surface area is 79.4 Å². The summed E-state index contributed by atoms with van der Waals surface area (Å²) in [5.74, 6) is 0.356. The van der Waals surface area contributed by atoms with Gasteiger partial charge in [0.1, 0.15) is 0 Å². The highest BCUT2D eigenvalue weighted by Crippen LogP contribution is 2.35. The molecule has 78 valence electrons. The Kier molecular flexibility index (Phi) is 3.33. The SMILES string of the molecule is C[C@@H]1CC[C@@H]([C@](C)(O)CO)[C@H](O)C1. The molecule has 0 aromatic carbocycles. The molecule has 0 unspecified atom stereocenters. The summed E-state index contributed by atoms with van der Waals surface area (Å²) >= 11 is 0. The normalized spacial score (nSPS) is 39.9. The van der Waals surface area contributed by atoms with Gasteiger partial charge < -0.3 is 15.3 Å². The first kappa shape index (κ1) is 11.0. The molecule has 1 aliphatic carbocycles. The van der Waals surface area contributed by atoms with Crippen molar-refractivity contribution >= 4 is 0 Å². The van der Waals surface area contributed by atoms with Gasteiger partial charge in [-0.25, -0.2) is 0 Å². The summed E-state index contributed by atoms with van der Waals surface area (Å²) in [6.45, 7) is 3.42. The van der Waals surface area contributed by atoms with Crippen molar-refractivity contribution in [2.45, 2.75) is 44.8 Å². The molecular formula is C10H20O3. The molecule has 1 fully saturated rings.